The largest absolute Gasteiger partial charge is 0.300 e. The first-order valence-electron chi connectivity index (χ1n) is 4.24. The molecule has 0 saturated carbocycles. The number of piperidine rings is 2. The predicted octanol–water partition coefficient (Wildman–Crippen LogP) is 0.918. The number of ketones is 1. The highest BCUT2D eigenvalue weighted by molar-refractivity contribution is 5.80. The Kier molecular flexibility index (Phi) is 1.69. The van der Waals surface area contributed by atoms with Gasteiger partial charge in [0.1, 0.15) is 5.78 Å². The molecule has 1 radical (unpaired) electrons. The summed E-state index contributed by atoms with van der Waals surface area (Å²) in [5.74, 6) is 0.284. The molecule has 0 aromatic rings. The second-order valence-electron chi connectivity index (χ2n) is 3.55. The Morgan fingerprint density at radius 2 is 1.73 bits per heavy atom. The molecular weight excluding hydrogens is 142 g/mol. The highest BCUT2D eigenvalue weighted by atomic mass is 16.5. The van der Waals surface area contributed by atoms with Gasteiger partial charge in [-0.1, -0.05) is 6.42 Å². The zero-order chi connectivity index (χ0) is 7.84. The fraction of sp³-hybridized carbons (Fsp3) is 0.875. The van der Waals surface area contributed by atoms with Crippen LogP contribution in [0.2, 0.25) is 0 Å². The SMILES string of the molecule is [O]N1[C@@H]2CCC[C@H]1CC(=O)C2. The average Bonchev–Trinajstić information content (AvgIpc) is 1.92. The van der Waals surface area contributed by atoms with Crippen molar-refractivity contribution in [3.63, 3.8) is 0 Å². The zero-order valence-corrected chi connectivity index (χ0v) is 6.45. The van der Waals surface area contributed by atoms with Crippen molar-refractivity contribution in [2.45, 2.75) is 44.2 Å². The molecule has 0 aromatic heterocycles. The summed E-state index contributed by atoms with van der Waals surface area (Å²) in [6.45, 7) is 0. The van der Waals surface area contributed by atoms with Crippen LogP contribution in [0.5, 0.6) is 0 Å². The van der Waals surface area contributed by atoms with Crippen molar-refractivity contribution in [1.29, 1.82) is 0 Å². The average molecular weight is 154 g/mol. The third-order valence-electron chi connectivity index (χ3n) is 2.72. The van der Waals surface area contributed by atoms with Crippen LogP contribution in [0.25, 0.3) is 0 Å². The highest BCUT2D eigenvalue weighted by Crippen LogP contribution is 2.30. The Morgan fingerprint density at radius 1 is 1.18 bits per heavy atom. The van der Waals surface area contributed by atoms with Crippen LogP contribution in [0.3, 0.4) is 0 Å². The lowest BCUT2D eigenvalue weighted by atomic mass is 9.86. The Balaban J connectivity index is 2.12. The molecule has 0 aliphatic carbocycles. The van der Waals surface area contributed by atoms with Gasteiger partial charge in [-0.25, -0.2) is 0 Å². The van der Waals surface area contributed by atoms with E-state index in [-0.39, 0.29) is 17.9 Å². The number of hydrogen-bond acceptors (Lipinski definition) is 2. The lowest BCUT2D eigenvalue weighted by Crippen LogP contribution is -2.49. The Morgan fingerprint density at radius 3 is 2.27 bits per heavy atom. The minimum absolute atomic E-state index is 0.0231. The van der Waals surface area contributed by atoms with Gasteiger partial charge < -0.3 is 0 Å². The van der Waals surface area contributed by atoms with Crippen LogP contribution in [0.4, 0.5) is 0 Å². The highest BCUT2D eigenvalue weighted by Gasteiger charge is 2.37. The van der Waals surface area contributed by atoms with Crippen LogP contribution in [-0.4, -0.2) is 22.9 Å². The number of nitrogens with zero attached hydrogens (tertiary/aromatic N) is 1. The molecule has 2 atom stereocenters. The van der Waals surface area contributed by atoms with Gasteiger partial charge in [0.2, 0.25) is 0 Å². The maximum Gasteiger partial charge on any atom is 0.136 e. The van der Waals surface area contributed by atoms with E-state index in [2.05, 4.69) is 0 Å². The number of Topliss-reactive ketones (excluding diaryl/α,β-unsaturated/α-hetero) is 1. The molecule has 2 aliphatic heterocycles. The van der Waals surface area contributed by atoms with Crippen molar-refractivity contribution in [3.05, 3.63) is 0 Å². The Hall–Kier alpha value is -0.410. The lowest BCUT2D eigenvalue weighted by molar-refractivity contribution is -0.239. The summed E-state index contributed by atoms with van der Waals surface area (Å²) in [5.41, 5.74) is 0. The molecule has 3 nitrogen and oxygen atoms in total. The van der Waals surface area contributed by atoms with Gasteiger partial charge >= 0.3 is 0 Å². The summed E-state index contributed by atoms with van der Waals surface area (Å²) >= 11 is 0. The van der Waals surface area contributed by atoms with Gasteiger partial charge in [0.15, 0.2) is 0 Å². The van der Waals surface area contributed by atoms with Crippen molar-refractivity contribution in [3.8, 4) is 0 Å². The number of hydroxylamine groups is 2. The first kappa shape index (κ1) is 7.25. The summed E-state index contributed by atoms with van der Waals surface area (Å²) in [4.78, 5) is 11.1. The molecule has 2 rings (SSSR count). The lowest BCUT2D eigenvalue weighted by Gasteiger charge is -2.39. The monoisotopic (exact) mass is 154 g/mol. The molecule has 61 valence electrons. The van der Waals surface area contributed by atoms with Crippen molar-refractivity contribution in [1.82, 2.24) is 5.06 Å². The molecule has 0 N–H and O–H groups in total. The van der Waals surface area contributed by atoms with Gasteiger partial charge in [-0.05, 0) is 12.8 Å². The third-order valence-corrected chi connectivity index (χ3v) is 2.72. The first-order valence-corrected chi connectivity index (χ1v) is 4.24. The molecule has 2 fully saturated rings. The van der Waals surface area contributed by atoms with E-state index >= 15 is 0 Å². The molecule has 2 aliphatic rings. The smallest absolute Gasteiger partial charge is 0.136 e. The van der Waals surface area contributed by atoms with E-state index in [1.807, 2.05) is 0 Å². The predicted molar refractivity (Wildman–Crippen MR) is 38.2 cm³/mol. The molecule has 2 saturated heterocycles. The van der Waals surface area contributed by atoms with Crippen molar-refractivity contribution in [2.75, 3.05) is 0 Å². The fourth-order valence-electron chi connectivity index (χ4n) is 2.13. The molecule has 0 spiro atoms. The third kappa shape index (κ3) is 1.19. The van der Waals surface area contributed by atoms with Crippen LogP contribution in [0, 0.1) is 0 Å². The maximum atomic E-state index is 11.3. The second kappa shape index (κ2) is 2.57. The summed E-state index contributed by atoms with van der Waals surface area (Å²) in [5, 5.41) is 12.5. The summed E-state index contributed by atoms with van der Waals surface area (Å²) in [6.07, 6.45) is 3.97. The molecule has 2 bridgehead atoms. The molecule has 2 heterocycles. The first-order chi connectivity index (χ1) is 5.27. The summed E-state index contributed by atoms with van der Waals surface area (Å²) < 4.78 is 0. The summed E-state index contributed by atoms with van der Waals surface area (Å²) in [6, 6.07) is 0.0463. The van der Waals surface area contributed by atoms with Crippen LogP contribution >= 0.6 is 0 Å². The molecule has 0 amide bonds. The molecule has 11 heavy (non-hydrogen) atoms. The van der Waals surface area contributed by atoms with Crippen LogP contribution in [-0.2, 0) is 10.0 Å². The van der Waals surface area contributed by atoms with Gasteiger partial charge in [0.25, 0.3) is 0 Å². The number of carbonyl (C=O) groups is 1. The van der Waals surface area contributed by atoms with Crippen molar-refractivity contribution >= 4 is 5.78 Å². The molecule has 0 unspecified atom stereocenters. The van der Waals surface area contributed by atoms with Gasteiger partial charge in [0.05, 0.1) is 0 Å². The van der Waals surface area contributed by atoms with E-state index in [0.29, 0.717) is 12.8 Å². The number of hydrogen-bond donors (Lipinski definition) is 0. The van der Waals surface area contributed by atoms with E-state index in [4.69, 9.17) is 0 Å². The zero-order valence-electron chi connectivity index (χ0n) is 6.45. The van der Waals surface area contributed by atoms with Crippen molar-refractivity contribution in [2.24, 2.45) is 0 Å². The quantitative estimate of drug-likeness (QED) is 0.520. The summed E-state index contributed by atoms with van der Waals surface area (Å²) in [7, 11) is 0. The fourth-order valence-corrected chi connectivity index (χ4v) is 2.13. The number of rotatable bonds is 0. The van der Waals surface area contributed by atoms with Crippen LogP contribution in [0.1, 0.15) is 32.1 Å². The van der Waals surface area contributed by atoms with E-state index in [1.54, 1.807) is 0 Å². The minimum atomic E-state index is 0.0231. The van der Waals surface area contributed by atoms with E-state index in [0.717, 1.165) is 24.3 Å². The number of carbonyl (C=O) groups excluding carboxylic acids is 1. The maximum absolute atomic E-state index is 11.3. The van der Waals surface area contributed by atoms with Gasteiger partial charge in [-0.2, -0.15) is 0 Å². The normalized spacial score (nSPS) is 39.2. The van der Waals surface area contributed by atoms with Gasteiger partial charge in [-0.15, -0.1) is 10.3 Å². The molecule has 3 heteroatoms. The van der Waals surface area contributed by atoms with Gasteiger partial charge in [-0.3, -0.25) is 4.79 Å². The number of fused-ring (bicyclic) bond motifs is 2. The van der Waals surface area contributed by atoms with E-state index < -0.39 is 0 Å². The Labute approximate surface area is 66.0 Å². The second-order valence-corrected chi connectivity index (χ2v) is 3.55. The van der Waals surface area contributed by atoms with Crippen LogP contribution in [0.15, 0.2) is 0 Å². The van der Waals surface area contributed by atoms with Gasteiger partial charge in [0, 0.05) is 24.9 Å². The minimum Gasteiger partial charge on any atom is -0.300 e. The molecular formula is C8H12NO2. The van der Waals surface area contributed by atoms with Crippen LogP contribution < -0.4 is 0 Å². The topological polar surface area (TPSA) is 40.2 Å². The van der Waals surface area contributed by atoms with Crippen molar-refractivity contribution < 1.29 is 10.0 Å². The molecule has 0 aromatic carbocycles. The Bertz CT molecular complexity index is 165. The van der Waals surface area contributed by atoms with E-state index in [9.17, 15) is 10.0 Å². The van der Waals surface area contributed by atoms with E-state index in [1.165, 1.54) is 0 Å². The standard InChI is InChI=1S/C8H12NO2/c10-8-4-6-2-1-3-7(5-8)9(6)11/h6-7H,1-5H2/t6-,7+.